The van der Waals surface area contributed by atoms with Crippen LogP contribution in [-0.2, 0) is 4.79 Å². The second-order valence-corrected chi connectivity index (χ2v) is 2.69. The first-order valence-electron chi connectivity index (χ1n) is 2.50. The van der Waals surface area contributed by atoms with Crippen molar-refractivity contribution in [1.29, 1.82) is 0 Å². The Morgan fingerprint density at radius 3 is 2.22 bits per heavy atom. The number of hydrogen-bond acceptors (Lipinski definition) is 1. The quantitative estimate of drug-likeness (QED) is 0.564. The van der Waals surface area contributed by atoms with E-state index in [-0.39, 0.29) is 11.8 Å². The third kappa shape index (κ3) is 2.92. The third-order valence-electron chi connectivity index (χ3n) is 0.844. The number of nitrogens with zero attached hydrogens (tertiary/aromatic N) is 1. The van der Waals surface area contributed by atoms with Crippen LogP contribution in [0.5, 0.6) is 0 Å². The molecule has 1 atom stereocenters. The summed E-state index contributed by atoms with van der Waals surface area (Å²) >= 11 is 10.8. The zero-order valence-corrected chi connectivity index (χ0v) is 6.91. The highest BCUT2D eigenvalue weighted by molar-refractivity contribution is 6.35. The molecule has 1 amide bonds. The van der Waals surface area contributed by atoms with Crippen molar-refractivity contribution >= 4 is 29.1 Å². The second kappa shape index (κ2) is 3.96. The molecule has 2 nitrogen and oxygen atoms in total. The fraction of sp³-hybridized carbons (Fsp3) is 0.800. The summed E-state index contributed by atoms with van der Waals surface area (Å²) in [5.74, 6) is 0.0186. The molecule has 0 N–H and O–H groups in total. The summed E-state index contributed by atoms with van der Waals surface area (Å²) in [6, 6.07) is 0. The van der Waals surface area contributed by atoms with Crippen molar-refractivity contribution in [1.82, 2.24) is 4.90 Å². The van der Waals surface area contributed by atoms with Gasteiger partial charge in [-0.15, -0.1) is 23.2 Å². The van der Waals surface area contributed by atoms with Gasteiger partial charge < -0.3 is 4.90 Å². The Balaban J connectivity index is 3.73. The van der Waals surface area contributed by atoms with Crippen LogP contribution in [0.25, 0.3) is 0 Å². The van der Waals surface area contributed by atoms with Gasteiger partial charge in [0.05, 0.1) is 0 Å². The fourth-order valence-corrected chi connectivity index (χ4v) is 0.673. The molecule has 0 heterocycles. The van der Waals surface area contributed by atoms with Crippen molar-refractivity contribution in [3.05, 3.63) is 0 Å². The van der Waals surface area contributed by atoms with Crippen molar-refractivity contribution < 1.29 is 4.79 Å². The van der Waals surface area contributed by atoms with Gasteiger partial charge >= 0.3 is 0 Å². The maximum Gasteiger partial charge on any atom is 0.241 e. The Labute approximate surface area is 64.7 Å². The zero-order chi connectivity index (χ0) is 7.44. The maximum absolute atomic E-state index is 10.8. The lowest BCUT2D eigenvalue weighted by Gasteiger charge is -2.11. The Kier molecular flexibility index (Phi) is 3.98. The molecule has 54 valence electrons. The average molecular weight is 170 g/mol. The second-order valence-electron chi connectivity index (χ2n) is 1.85. The molecular weight excluding hydrogens is 161 g/mol. The van der Waals surface area contributed by atoms with Crippen molar-refractivity contribution in [2.75, 3.05) is 20.0 Å². The molecule has 0 bridgehead atoms. The van der Waals surface area contributed by atoms with E-state index in [0.29, 0.717) is 0 Å². The molecule has 0 aliphatic carbocycles. The van der Waals surface area contributed by atoms with Crippen molar-refractivity contribution in [2.24, 2.45) is 0 Å². The molecule has 0 aromatic heterocycles. The first kappa shape index (κ1) is 9.05. The van der Waals surface area contributed by atoms with E-state index in [1.807, 2.05) is 0 Å². The van der Waals surface area contributed by atoms with Gasteiger partial charge in [0.25, 0.3) is 0 Å². The molecule has 1 unspecified atom stereocenters. The van der Waals surface area contributed by atoms with Crippen molar-refractivity contribution in [2.45, 2.75) is 5.38 Å². The zero-order valence-electron chi connectivity index (χ0n) is 5.40. The van der Waals surface area contributed by atoms with E-state index in [2.05, 4.69) is 0 Å². The lowest BCUT2D eigenvalue weighted by atomic mass is 10.4. The van der Waals surface area contributed by atoms with E-state index in [1.165, 1.54) is 4.90 Å². The average Bonchev–Trinajstić information content (AvgIpc) is 1.84. The minimum Gasteiger partial charge on any atom is -0.348 e. The standard InChI is InChI=1S/C5H9Cl2NO/c1-8(2)5(9)4(7)3-6/h4H,3H2,1-2H3. The van der Waals surface area contributed by atoms with Crippen LogP contribution in [0.1, 0.15) is 0 Å². The summed E-state index contributed by atoms with van der Waals surface area (Å²) in [4.78, 5) is 12.2. The lowest BCUT2D eigenvalue weighted by Crippen LogP contribution is -2.31. The van der Waals surface area contributed by atoms with Crippen LogP contribution in [0.15, 0.2) is 0 Å². The highest BCUT2D eigenvalue weighted by Crippen LogP contribution is 2.00. The molecule has 0 radical (unpaired) electrons. The summed E-state index contributed by atoms with van der Waals surface area (Å²) < 4.78 is 0. The minimum atomic E-state index is -0.582. The topological polar surface area (TPSA) is 20.3 Å². The summed E-state index contributed by atoms with van der Waals surface area (Å²) in [6.07, 6.45) is 0. The largest absolute Gasteiger partial charge is 0.348 e. The Morgan fingerprint density at radius 2 is 2.11 bits per heavy atom. The Bertz CT molecular complexity index is 105. The van der Waals surface area contributed by atoms with E-state index in [0.717, 1.165) is 0 Å². The maximum atomic E-state index is 10.8. The number of hydrogen-bond donors (Lipinski definition) is 0. The van der Waals surface area contributed by atoms with Gasteiger partial charge in [0, 0.05) is 20.0 Å². The van der Waals surface area contributed by atoms with E-state index < -0.39 is 5.38 Å². The normalized spacial score (nSPS) is 12.9. The van der Waals surface area contributed by atoms with Crippen LogP contribution >= 0.6 is 23.2 Å². The predicted molar refractivity (Wildman–Crippen MR) is 39.1 cm³/mol. The summed E-state index contributed by atoms with van der Waals surface area (Å²) in [5, 5.41) is -0.582. The van der Waals surface area contributed by atoms with Gasteiger partial charge in [-0.2, -0.15) is 0 Å². The van der Waals surface area contributed by atoms with Crippen LogP contribution in [0.3, 0.4) is 0 Å². The van der Waals surface area contributed by atoms with Crippen LogP contribution in [0.2, 0.25) is 0 Å². The fourth-order valence-electron chi connectivity index (χ4n) is 0.346. The molecule has 0 saturated carbocycles. The van der Waals surface area contributed by atoms with Gasteiger partial charge in [-0.3, -0.25) is 4.79 Å². The minimum absolute atomic E-state index is 0.147. The molecular formula is C5H9Cl2NO. The van der Waals surface area contributed by atoms with E-state index >= 15 is 0 Å². The highest BCUT2D eigenvalue weighted by Gasteiger charge is 2.14. The molecule has 0 fully saturated rings. The first-order valence-corrected chi connectivity index (χ1v) is 3.48. The molecule has 0 aromatic rings. The van der Waals surface area contributed by atoms with E-state index in [9.17, 15) is 4.79 Å². The molecule has 0 aromatic carbocycles. The van der Waals surface area contributed by atoms with E-state index in [4.69, 9.17) is 23.2 Å². The van der Waals surface area contributed by atoms with E-state index in [1.54, 1.807) is 14.1 Å². The van der Waals surface area contributed by atoms with Crippen molar-refractivity contribution in [3.8, 4) is 0 Å². The first-order chi connectivity index (χ1) is 4.09. The van der Waals surface area contributed by atoms with Crippen molar-refractivity contribution in [3.63, 3.8) is 0 Å². The monoisotopic (exact) mass is 169 g/mol. The number of carbonyl (C=O) groups excluding carboxylic acids is 1. The summed E-state index contributed by atoms with van der Waals surface area (Å²) in [7, 11) is 3.29. The number of rotatable bonds is 2. The van der Waals surface area contributed by atoms with Gasteiger partial charge in [-0.05, 0) is 0 Å². The molecule has 0 spiro atoms. The predicted octanol–water partition coefficient (Wildman–Crippen LogP) is 0.921. The van der Waals surface area contributed by atoms with Gasteiger partial charge in [-0.25, -0.2) is 0 Å². The van der Waals surface area contributed by atoms with Crippen LogP contribution in [0, 0.1) is 0 Å². The summed E-state index contributed by atoms with van der Waals surface area (Å²) in [5.41, 5.74) is 0. The van der Waals surface area contributed by atoms with Crippen LogP contribution < -0.4 is 0 Å². The lowest BCUT2D eigenvalue weighted by molar-refractivity contribution is -0.127. The third-order valence-corrected chi connectivity index (χ3v) is 1.65. The van der Waals surface area contributed by atoms with Crippen LogP contribution in [0.4, 0.5) is 0 Å². The van der Waals surface area contributed by atoms with Gasteiger partial charge in [0.1, 0.15) is 5.38 Å². The molecule has 0 rings (SSSR count). The molecule has 0 saturated heterocycles. The molecule has 0 aliphatic rings. The number of alkyl halides is 2. The highest BCUT2D eigenvalue weighted by atomic mass is 35.5. The smallest absolute Gasteiger partial charge is 0.241 e. The Hall–Kier alpha value is 0.0500. The Morgan fingerprint density at radius 1 is 1.67 bits per heavy atom. The molecule has 9 heavy (non-hydrogen) atoms. The summed E-state index contributed by atoms with van der Waals surface area (Å²) in [6.45, 7) is 0. The van der Waals surface area contributed by atoms with Gasteiger partial charge in [0.15, 0.2) is 0 Å². The number of halogens is 2. The number of carbonyl (C=O) groups is 1. The van der Waals surface area contributed by atoms with Crippen LogP contribution in [-0.4, -0.2) is 36.2 Å². The van der Waals surface area contributed by atoms with Gasteiger partial charge in [0.2, 0.25) is 5.91 Å². The number of amides is 1. The van der Waals surface area contributed by atoms with Gasteiger partial charge in [-0.1, -0.05) is 0 Å². The molecule has 0 aliphatic heterocycles. The molecule has 4 heteroatoms. The SMILES string of the molecule is CN(C)C(=O)C(Cl)CCl.